The molecule has 0 bridgehead atoms. The van der Waals surface area contributed by atoms with Crippen molar-refractivity contribution in [3.8, 4) is 17.2 Å². The van der Waals surface area contributed by atoms with Gasteiger partial charge in [0.1, 0.15) is 0 Å². The van der Waals surface area contributed by atoms with E-state index in [0.717, 1.165) is 12.0 Å². The number of methoxy groups -OCH3 is 3. The molecule has 0 atom stereocenters. The lowest BCUT2D eigenvalue weighted by Crippen LogP contribution is -2.05. The first-order valence-corrected chi connectivity index (χ1v) is 5.27. The molecule has 0 radical (unpaired) electrons. The molecule has 0 aromatic heterocycles. The summed E-state index contributed by atoms with van der Waals surface area (Å²) in [7, 11) is 4.78. The van der Waals surface area contributed by atoms with Gasteiger partial charge >= 0.3 is 0 Å². The van der Waals surface area contributed by atoms with Crippen LogP contribution in [0.2, 0.25) is 0 Å². The van der Waals surface area contributed by atoms with Crippen molar-refractivity contribution in [3.05, 3.63) is 17.7 Å². The summed E-state index contributed by atoms with van der Waals surface area (Å²) in [4.78, 5) is 2.58. The Bertz CT molecular complexity index is 319. The highest BCUT2D eigenvalue weighted by molar-refractivity contribution is 6.13. The normalized spacial score (nSPS) is 10.0. The van der Waals surface area contributed by atoms with Crippen molar-refractivity contribution >= 4 is 11.8 Å². The Kier molecular flexibility index (Phi) is 5.22. The molecule has 0 aliphatic rings. The molecule has 1 aromatic carbocycles. The summed E-state index contributed by atoms with van der Waals surface area (Å²) in [5.41, 5.74) is 1.07. The van der Waals surface area contributed by atoms with E-state index in [9.17, 15) is 0 Å². The van der Waals surface area contributed by atoms with Crippen LogP contribution in [0, 0.1) is 0 Å². The van der Waals surface area contributed by atoms with Gasteiger partial charge in [-0.05, 0) is 35.9 Å². The third kappa shape index (κ3) is 2.93. The first kappa shape index (κ1) is 12.9. The number of ether oxygens (including phenoxy) is 3. The second-order valence-electron chi connectivity index (χ2n) is 3.17. The average molecular weight is 246 g/mol. The van der Waals surface area contributed by atoms with Gasteiger partial charge < -0.3 is 14.2 Å². The van der Waals surface area contributed by atoms with E-state index in [0.29, 0.717) is 23.8 Å². The van der Waals surface area contributed by atoms with Crippen molar-refractivity contribution in [3.63, 3.8) is 0 Å². The van der Waals surface area contributed by atoms with Crippen LogP contribution in [-0.2, 0) is 6.42 Å². The summed E-state index contributed by atoms with van der Waals surface area (Å²) in [5, 5.41) is 0. The van der Waals surface area contributed by atoms with Crippen LogP contribution in [0.15, 0.2) is 12.1 Å². The van der Waals surface area contributed by atoms with E-state index in [4.69, 9.17) is 26.0 Å². The molecule has 0 aliphatic carbocycles. The quantitative estimate of drug-likeness (QED) is 0.779. The molecule has 1 N–H and O–H groups in total. The molecule has 4 nitrogen and oxygen atoms in total. The highest BCUT2D eigenvalue weighted by Gasteiger charge is 2.12. The molecular formula is C11H16ClNO3. The lowest BCUT2D eigenvalue weighted by atomic mass is 10.1. The van der Waals surface area contributed by atoms with Crippen LogP contribution in [0.5, 0.6) is 17.2 Å². The maximum Gasteiger partial charge on any atom is 0.203 e. The first-order valence-electron chi connectivity index (χ1n) is 4.89. The fourth-order valence-electron chi connectivity index (χ4n) is 1.47. The summed E-state index contributed by atoms with van der Waals surface area (Å²) in [6, 6.07) is 3.82. The van der Waals surface area contributed by atoms with Crippen LogP contribution in [0.3, 0.4) is 0 Å². The molecule has 1 rings (SSSR count). The topological polar surface area (TPSA) is 39.7 Å². The molecule has 0 spiro atoms. The number of halogens is 1. The average Bonchev–Trinajstić information content (AvgIpc) is 2.34. The Morgan fingerprint density at radius 2 is 1.62 bits per heavy atom. The molecule has 0 saturated heterocycles. The molecule has 90 valence electrons. The van der Waals surface area contributed by atoms with Gasteiger partial charge in [-0.15, -0.1) is 0 Å². The molecule has 0 saturated carbocycles. The lowest BCUT2D eigenvalue weighted by molar-refractivity contribution is 0.324. The molecule has 5 heteroatoms. The minimum absolute atomic E-state index is 0.604. The van der Waals surface area contributed by atoms with Crippen LogP contribution in [-0.4, -0.2) is 27.9 Å². The molecule has 0 fully saturated rings. The van der Waals surface area contributed by atoms with E-state index < -0.39 is 0 Å². The zero-order valence-corrected chi connectivity index (χ0v) is 10.4. The molecule has 0 unspecified atom stereocenters. The van der Waals surface area contributed by atoms with E-state index in [1.54, 1.807) is 21.3 Å². The number of nitrogens with one attached hydrogen (secondary N) is 1. The van der Waals surface area contributed by atoms with Crippen LogP contribution < -0.4 is 19.0 Å². The number of benzene rings is 1. The predicted molar refractivity (Wildman–Crippen MR) is 63.7 cm³/mol. The largest absolute Gasteiger partial charge is 0.493 e. The lowest BCUT2D eigenvalue weighted by Gasteiger charge is -2.13. The second-order valence-corrected chi connectivity index (χ2v) is 3.43. The number of hydrogen-bond donors (Lipinski definition) is 1. The molecule has 0 aliphatic heterocycles. The van der Waals surface area contributed by atoms with Gasteiger partial charge in [0.05, 0.1) is 21.3 Å². The Hall–Kier alpha value is -1.13. The van der Waals surface area contributed by atoms with Crippen molar-refractivity contribution < 1.29 is 14.2 Å². The monoisotopic (exact) mass is 245 g/mol. The van der Waals surface area contributed by atoms with Gasteiger partial charge in [-0.25, -0.2) is 4.84 Å². The minimum atomic E-state index is 0.604. The fraction of sp³-hybridized carbons (Fsp3) is 0.455. The van der Waals surface area contributed by atoms with Crippen molar-refractivity contribution in [2.45, 2.75) is 6.42 Å². The van der Waals surface area contributed by atoms with Crippen molar-refractivity contribution in [2.24, 2.45) is 0 Å². The Labute approximate surface area is 101 Å². The number of hydrogen-bond acceptors (Lipinski definition) is 4. The summed E-state index contributed by atoms with van der Waals surface area (Å²) in [5.74, 6) is 1.92. The molecule has 0 heterocycles. The van der Waals surface area contributed by atoms with E-state index in [1.807, 2.05) is 12.1 Å². The van der Waals surface area contributed by atoms with Crippen LogP contribution in [0.4, 0.5) is 0 Å². The van der Waals surface area contributed by atoms with E-state index in [2.05, 4.69) is 4.84 Å². The van der Waals surface area contributed by atoms with Gasteiger partial charge in [-0.2, -0.15) is 0 Å². The third-order valence-electron chi connectivity index (χ3n) is 2.23. The fourth-order valence-corrected chi connectivity index (χ4v) is 1.57. The summed E-state index contributed by atoms with van der Waals surface area (Å²) >= 11 is 5.42. The van der Waals surface area contributed by atoms with Crippen LogP contribution in [0.25, 0.3) is 0 Å². The maximum absolute atomic E-state index is 5.42. The number of rotatable bonds is 6. The highest BCUT2D eigenvalue weighted by Crippen LogP contribution is 2.38. The van der Waals surface area contributed by atoms with Gasteiger partial charge in [0.25, 0.3) is 0 Å². The third-order valence-corrected chi connectivity index (χ3v) is 2.42. The smallest absolute Gasteiger partial charge is 0.203 e. The Balaban J connectivity index is 3.05. The van der Waals surface area contributed by atoms with Gasteiger partial charge in [-0.1, -0.05) is 0 Å². The van der Waals surface area contributed by atoms with Crippen molar-refractivity contribution in [1.82, 2.24) is 4.84 Å². The van der Waals surface area contributed by atoms with Crippen molar-refractivity contribution in [2.75, 3.05) is 27.9 Å². The summed E-state index contributed by atoms with van der Waals surface area (Å²) in [6.45, 7) is 0.681. The predicted octanol–water partition coefficient (Wildman–Crippen LogP) is 2.00. The van der Waals surface area contributed by atoms with Gasteiger partial charge in [0.2, 0.25) is 5.75 Å². The zero-order chi connectivity index (χ0) is 12.0. The molecule has 1 aromatic rings. The SMILES string of the molecule is COc1cc(CCNCl)cc(OC)c1OC. The summed E-state index contributed by atoms with van der Waals surface area (Å²) in [6.07, 6.45) is 0.792. The minimum Gasteiger partial charge on any atom is -0.493 e. The van der Waals surface area contributed by atoms with Gasteiger partial charge in [-0.3, -0.25) is 0 Å². The molecular weight excluding hydrogens is 230 g/mol. The van der Waals surface area contributed by atoms with Crippen LogP contribution in [0.1, 0.15) is 5.56 Å². The Morgan fingerprint density at radius 1 is 1.06 bits per heavy atom. The zero-order valence-electron chi connectivity index (χ0n) is 9.67. The molecule has 0 amide bonds. The van der Waals surface area contributed by atoms with Crippen molar-refractivity contribution in [1.29, 1.82) is 0 Å². The second kappa shape index (κ2) is 6.45. The molecule has 16 heavy (non-hydrogen) atoms. The highest BCUT2D eigenvalue weighted by atomic mass is 35.5. The summed E-state index contributed by atoms with van der Waals surface area (Å²) < 4.78 is 15.7. The van der Waals surface area contributed by atoms with E-state index in [-0.39, 0.29) is 0 Å². The maximum atomic E-state index is 5.42. The van der Waals surface area contributed by atoms with Gasteiger partial charge in [0.15, 0.2) is 11.5 Å². The standard InChI is InChI=1S/C11H16ClNO3/c1-14-9-6-8(4-5-13-12)7-10(15-2)11(9)16-3/h6-7,13H,4-5H2,1-3H3. The van der Waals surface area contributed by atoms with E-state index >= 15 is 0 Å². The first-order chi connectivity index (χ1) is 7.76. The van der Waals surface area contributed by atoms with Gasteiger partial charge in [0, 0.05) is 6.54 Å². The van der Waals surface area contributed by atoms with E-state index in [1.165, 1.54) is 0 Å². The Morgan fingerprint density at radius 3 is 2.00 bits per heavy atom. The van der Waals surface area contributed by atoms with Crippen LogP contribution >= 0.6 is 11.8 Å².